The maximum Gasteiger partial charge on any atom is 0.335 e. The van der Waals surface area contributed by atoms with Crippen LogP contribution in [-0.2, 0) is 6.54 Å². The predicted molar refractivity (Wildman–Crippen MR) is 81.2 cm³/mol. The molecule has 2 aromatic rings. The van der Waals surface area contributed by atoms with Gasteiger partial charge in [0.25, 0.3) is 5.91 Å². The van der Waals surface area contributed by atoms with Crippen molar-refractivity contribution in [1.29, 1.82) is 0 Å². The van der Waals surface area contributed by atoms with Crippen LogP contribution in [0.25, 0.3) is 0 Å². The number of hydrogen-bond donors (Lipinski definition) is 2. The molecule has 0 fully saturated rings. The first-order valence-corrected chi connectivity index (χ1v) is 6.99. The van der Waals surface area contributed by atoms with Gasteiger partial charge in [0.2, 0.25) is 0 Å². The van der Waals surface area contributed by atoms with Crippen LogP contribution in [0.3, 0.4) is 0 Å². The van der Waals surface area contributed by atoms with Gasteiger partial charge in [-0.2, -0.15) is 0 Å². The number of aryl methyl sites for hydroxylation is 1. The number of carboxylic acids is 1. The van der Waals surface area contributed by atoms with Crippen molar-refractivity contribution >= 4 is 27.8 Å². The molecule has 0 atom stereocenters. The van der Waals surface area contributed by atoms with E-state index in [0.29, 0.717) is 11.3 Å². The Morgan fingerprint density at radius 1 is 1.24 bits per heavy atom. The molecule has 5 nitrogen and oxygen atoms in total. The zero-order valence-corrected chi connectivity index (χ0v) is 12.8. The molecule has 108 valence electrons. The van der Waals surface area contributed by atoms with Crippen molar-refractivity contribution in [2.24, 2.45) is 0 Å². The quantitative estimate of drug-likeness (QED) is 0.890. The van der Waals surface area contributed by atoms with Gasteiger partial charge in [0.1, 0.15) is 0 Å². The van der Waals surface area contributed by atoms with Crippen LogP contribution in [0.5, 0.6) is 0 Å². The second kappa shape index (κ2) is 6.49. The van der Waals surface area contributed by atoms with Gasteiger partial charge in [-0.25, -0.2) is 4.79 Å². The number of halogens is 1. The summed E-state index contributed by atoms with van der Waals surface area (Å²) in [6.07, 6.45) is 1.41. The van der Waals surface area contributed by atoms with E-state index in [1.165, 1.54) is 18.3 Å². The van der Waals surface area contributed by atoms with Gasteiger partial charge < -0.3 is 10.4 Å². The SMILES string of the molecule is Cc1cc(C(=O)NCc2cc(C(=O)O)ccn2)ccc1Br. The zero-order chi connectivity index (χ0) is 15.4. The van der Waals surface area contributed by atoms with Crippen molar-refractivity contribution in [2.75, 3.05) is 0 Å². The van der Waals surface area contributed by atoms with E-state index >= 15 is 0 Å². The molecule has 0 aliphatic heterocycles. The number of amides is 1. The molecule has 2 N–H and O–H groups in total. The summed E-state index contributed by atoms with van der Waals surface area (Å²) >= 11 is 3.38. The third kappa shape index (κ3) is 3.88. The molecule has 0 saturated carbocycles. The van der Waals surface area contributed by atoms with Gasteiger partial charge in [-0.1, -0.05) is 15.9 Å². The molecular weight excluding hydrogens is 336 g/mol. The highest BCUT2D eigenvalue weighted by atomic mass is 79.9. The lowest BCUT2D eigenvalue weighted by atomic mass is 10.1. The lowest BCUT2D eigenvalue weighted by molar-refractivity contribution is 0.0696. The first-order chi connectivity index (χ1) is 9.97. The van der Waals surface area contributed by atoms with E-state index in [4.69, 9.17) is 5.11 Å². The lowest BCUT2D eigenvalue weighted by Crippen LogP contribution is -2.23. The highest BCUT2D eigenvalue weighted by Crippen LogP contribution is 2.17. The number of carboxylic acid groups (broad SMARTS) is 1. The standard InChI is InChI=1S/C15H13BrN2O3/c1-9-6-10(2-3-13(9)16)14(19)18-8-12-7-11(15(20)21)4-5-17-12/h2-7H,8H2,1H3,(H,18,19)(H,20,21). The van der Waals surface area contributed by atoms with Crippen molar-refractivity contribution in [1.82, 2.24) is 10.3 Å². The van der Waals surface area contributed by atoms with E-state index in [1.807, 2.05) is 13.0 Å². The van der Waals surface area contributed by atoms with E-state index < -0.39 is 5.97 Å². The Morgan fingerprint density at radius 3 is 2.67 bits per heavy atom. The largest absolute Gasteiger partial charge is 0.478 e. The molecular formula is C15H13BrN2O3. The first kappa shape index (κ1) is 15.2. The second-order valence-electron chi connectivity index (χ2n) is 4.49. The number of nitrogens with one attached hydrogen (secondary N) is 1. The number of benzene rings is 1. The van der Waals surface area contributed by atoms with Crippen LogP contribution < -0.4 is 5.32 Å². The molecule has 1 amide bonds. The van der Waals surface area contributed by atoms with Crippen LogP contribution in [0.2, 0.25) is 0 Å². The van der Waals surface area contributed by atoms with E-state index in [0.717, 1.165) is 10.0 Å². The molecule has 21 heavy (non-hydrogen) atoms. The Hall–Kier alpha value is -2.21. The lowest BCUT2D eigenvalue weighted by Gasteiger charge is -2.07. The molecule has 2 rings (SSSR count). The van der Waals surface area contributed by atoms with Crippen molar-refractivity contribution in [2.45, 2.75) is 13.5 Å². The molecule has 0 spiro atoms. The third-order valence-corrected chi connectivity index (χ3v) is 3.80. The van der Waals surface area contributed by atoms with Gasteiger partial charge >= 0.3 is 5.97 Å². The van der Waals surface area contributed by atoms with Gasteiger partial charge in [0, 0.05) is 16.2 Å². The third-order valence-electron chi connectivity index (χ3n) is 2.91. The fourth-order valence-electron chi connectivity index (χ4n) is 1.77. The summed E-state index contributed by atoms with van der Waals surface area (Å²) in [4.78, 5) is 26.9. The van der Waals surface area contributed by atoms with Crippen LogP contribution in [0, 0.1) is 6.92 Å². The normalized spacial score (nSPS) is 10.2. The molecule has 0 aliphatic carbocycles. The van der Waals surface area contributed by atoms with E-state index in [9.17, 15) is 9.59 Å². The second-order valence-corrected chi connectivity index (χ2v) is 5.34. The van der Waals surface area contributed by atoms with Gasteiger partial charge in [0.15, 0.2) is 0 Å². The number of aromatic nitrogens is 1. The molecule has 6 heteroatoms. The fourth-order valence-corrected chi connectivity index (χ4v) is 2.01. The number of carbonyl (C=O) groups excluding carboxylic acids is 1. The van der Waals surface area contributed by atoms with E-state index in [2.05, 4.69) is 26.2 Å². The number of pyridine rings is 1. The van der Waals surface area contributed by atoms with Crippen molar-refractivity contribution in [3.8, 4) is 0 Å². The summed E-state index contributed by atoms with van der Waals surface area (Å²) in [7, 11) is 0. The average Bonchev–Trinajstić information content (AvgIpc) is 2.48. The molecule has 0 aliphatic rings. The molecule has 1 aromatic carbocycles. The summed E-state index contributed by atoms with van der Waals surface area (Å²) in [6.45, 7) is 2.08. The Morgan fingerprint density at radius 2 is 2.00 bits per heavy atom. The summed E-state index contributed by atoms with van der Waals surface area (Å²) in [5.41, 5.74) is 2.16. The Balaban J connectivity index is 2.05. The molecule has 0 bridgehead atoms. The molecule has 0 unspecified atom stereocenters. The summed E-state index contributed by atoms with van der Waals surface area (Å²) in [6, 6.07) is 8.16. The summed E-state index contributed by atoms with van der Waals surface area (Å²) < 4.78 is 0.940. The van der Waals surface area contributed by atoms with Crippen molar-refractivity contribution < 1.29 is 14.7 Å². The van der Waals surface area contributed by atoms with Gasteiger partial charge in [-0.05, 0) is 42.8 Å². The van der Waals surface area contributed by atoms with Crippen molar-refractivity contribution in [3.63, 3.8) is 0 Å². The minimum atomic E-state index is -1.02. The van der Waals surface area contributed by atoms with Crippen LogP contribution in [0.15, 0.2) is 41.0 Å². The molecule has 0 radical (unpaired) electrons. The Bertz CT molecular complexity index is 701. The Kier molecular flexibility index (Phi) is 4.70. The van der Waals surface area contributed by atoms with Crippen molar-refractivity contribution in [3.05, 3.63) is 63.4 Å². The van der Waals surface area contributed by atoms with E-state index in [1.54, 1.807) is 12.1 Å². The molecule has 0 saturated heterocycles. The van der Waals surface area contributed by atoms with Gasteiger partial charge in [-0.3, -0.25) is 9.78 Å². The number of rotatable bonds is 4. The minimum absolute atomic E-state index is 0.147. The Labute approximate surface area is 130 Å². The van der Waals surface area contributed by atoms with Crippen LogP contribution in [0.4, 0.5) is 0 Å². The number of nitrogens with zero attached hydrogens (tertiary/aromatic N) is 1. The highest BCUT2D eigenvalue weighted by molar-refractivity contribution is 9.10. The van der Waals surface area contributed by atoms with Crippen LogP contribution >= 0.6 is 15.9 Å². The van der Waals surface area contributed by atoms with E-state index in [-0.39, 0.29) is 18.0 Å². The van der Waals surface area contributed by atoms with Crippen LogP contribution in [0.1, 0.15) is 32.0 Å². The fraction of sp³-hybridized carbons (Fsp3) is 0.133. The first-order valence-electron chi connectivity index (χ1n) is 6.20. The minimum Gasteiger partial charge on any atom is -0.478 e. The van der Waals surface area contributed by atoms with Gasteiger partial charge in [0.05, 0.1) is 17.8 Å². The number of hydrogen-bond acceptors (Lipinski definition) is 3. The molecule has 1 heterocycles. The maximum atomic E-state index is 12.0. The summed E-state index contributed by atoms with van der Waals surface area (Å²) in [5.74, 6) is -1.25. The smallest absolute Gasteiger partial charge is 0.335 e. The monoisotopic (exact) mass is 348 g/mol. The topological polar surface area (TPSA) is 79.3 Å². The summed E-state index contributed by atoms with van der Waals surface area (Å²) in [5, 5.41) is 11.6. The maximum absolute atomic E-state index is 12.0. The van der Waals surface area contributed by atoms with Crippen LogP contribution in [-0.4, -0.2) is 22.0 Å². The predicted octanol–water partition coefficient (Wildman–Crippen LogP) is 2.78. The highest BCUT2D eigenvalue weighted by Gasteiger charge is 2.08. The molecule has 1 aromatic heterocycles. The van der Waals surface area contributed by atoms with Gasteiger partial charge in [-0.15, -0.1) is 0 Å². The number of aromatic carboxylic acids is 1. The zero-order valence-electron chi connectivity index (χ0n) is 11.3. The number of carbonyl (C=O) groups is 2. The average molecular weight is 349 g/mol.